The van der Waals surface area contributed by atoms with E-state index >= 15 is 0 Å². The molecule has 36 heavy (non-hydrogen) atoms. The number of hydrogen-bond acceptors (Lipinski definition) is 2. The normalized spacial score (nSPS) is 9.17. The average molecular weight is 617 g/mol. The van der Waals surface area contributed by atoms with Gasteiger partial charge in [-0.3, -0.25) is 4.99 Å². The number of hydrogen-bond donors (Lipinski definition) is 0. The van der Waals surface area contributed by atoms with Crippen LogP contribution in [0.15, 0.2) is 132 Å². The fourth-order valence-electron chi connectivity index (χ4n) is 2.28. The summed E-state index contributed by atoms with van der Waals surface area (Å²) in [4.78, 5) is 4.18. The van der Waals surface area contributed by atoms with Crippen LogP contribution in [0, 0.1) is 24.3 Å². The van der Waals surface area contributed by atoms with Crippen LogP contribution in [0.5, 0.6) is 5.75 Å². The Bertz CT molecular complexity index is 1030. The van der Waals surface area contributed by atoms with Crippen molar-refractivity contribution in [2.24, 2.45) is 4.99 Å². The molecule has 0 saturated carbocycles. The fourth-order valence-corrected chi connectivity index (χ4v) is 2.75. The molecule has 0 saturated heterocycles. The first kappa shape index (κ1) is 31.0. The molecule has 0 aliphatic rings. The molecule has 0 aliphatic heterocycles. The Hall–Kier alpha value is -3.03. The number of benzene rings is 5. The second-order valence-corrected chi connectivity index (χ2v) is 7.36. The van der Waals surface area contributed by atoms with E-state index in [9.17, 15) is 5.11 Å². The SMILES string of the molecule is [O-]c1c(Cl)cc(N=Cc2[c]cccc2)cc1Cl.[Sb].[c]1ccccc1.[c]1ccccc1.[c]1ccccc1. The van der Waals surface area contributed by atoms with Crippen molar-refractivity contribution in [1.29, 1.82) is 0 Å². The van der Waals surface area contributed by atoms with Gasteiger partial charge in [-0.2, -0.15) is 0 Å². The molecule has 5 aromatic carbocycles. The molecular formula is C31H22Cl2NOSb-. The van der Waals surface area contributed by atoms with Crippen LogP contribution in [-0.2, 0) is 0 Å². The molecule has 0 amide bonds. The van der Waals surface area contributed by atoms with Crippen LogP contribution in [0.3, 0.4) is 0 Å². The largest absolute Gasteiger partial charge is 0.870 e. The van der Waals surface area contributed by atoms with Gasteiger partial charge in [0.1, 0.15) is 0 Å². The Balaban J connectivity index is 0.000000279. The summed E-state index contributed by atoms with van der Waals surface area (Å²) in [5, 5.41) is 11.4. The van der Waals surface area contributed by atoms with Gasteiger partial charge >= 0.3 is 0 Å². The van der Waals surface area contributed by atoms with Crippen molar-refractivity contribution in [3.63, 3.8) is 0 Å². The zero-order chi connectivity index (χ0) is 25.0. The predicted molar refractivity (Wildman–Crippen MR) is 150 cm³/mol. The smallest absolute Gasteiger partial charge is 0.0659 e. The quantitative estimate of drug-likeness (QED) is 0.148. The predicted octanol–water partition coefficient (Wildman–Crippen LogP) is 7.70. The van der Waals surface area contributed by atoms with E-state index in [0.717, 1.165) is 5.56 Å². The fraction of sp³-hybridized carbons (Fsp3) is 0. The Morgan fingerprint density at radius 2 is 1.03 bits per heavy atom. The van der Waals surface area contributed by atoms with Crippen LogP contribution in [-0.4, -0.2) is 30.6 Å². The van der Waals surface area contributed by atoms with Gasteiger partial charge in [-0.25, -0.2) is 0 Å². The summed E-state index contributed by atoms with van der Waals surface area (Å²) in [6, 6.07) is 50.9. The minimum Gasteiger partial charge on any atom is -0.870 e. The molecule has 0 bridgehead atoms. The second-order valence-electron chi connectivity index (χ2n) is 6.55. The van der Waals surface area contributed by atoms with E-state index in [1.54, 1.807) is 12.3 Å². The van der Waals surface area contributed by atoms with Crippen molar-refractivity contribution >= 4 is 59.5 Å². The first-order chi connectivity index (χ1) is 17.2. The van der Waals surface area contributed by atoms with E-state index in [1.807, 2.05) is 109 Å². The van der Waals surface area contributed by atoms with Gasteiger partial charge in [0.25, 0.3) is 0 Å². The monoisotopic (exact) mass is 615 g/mol. The summed E-state index contributed by atoms with van der Waals surface area (Å²) in [6.07, 6.45) is 1.63. The molecule has 0 spiro atoms. The van der Waals surface area contributed by atoms with Gasteiger partial charge in [-0.05, 0) is 36.4 Å². The molecule has 0 fully saturated rings. The van der Waals surface area contributed by atoms with Crippen molar-refractivity contribution in [3.8, 4) is 5.75 Å². The van der Waals surface area contributed by atoms with Gasteiger partial charge in [0.05, 0.1) is 5.69 Å². The number of rotatable bonds is 2. The van der Waals surface area contributed by atoms with Gasteiger partial charge < -0.3 is 5.11 Å². The maximum absolute atomic E-state index is 11.3. The van der Waals surface area contributed by atoms with Crippen molar-refractivity contribution in [2.45, 2.75) is 0 Å². The van der Waals surface area contributed by atoms with E-state index < -0.39 is 0 Å². The molecule has 177 valence electrons. The zero-order valence-electron chi connectivity index (χ0n) is 19.3. The standard InChI is InChI=1S/C13H8Cl2NO.3C6H5.Sb/c14-11-6-10(7-12(15)13(11)17)16-8-9-4-2-1-3-5-9;3*1-2-4-6-5-3-1;/h1-4,6-8,17H;3*1-5H;/p-1. The van der Waals surface area contributed by atoms with Crippen LogP contribution in [0.4, 0.5) is 5.69 Å². The summed E-state index contributed by atoms with van der Waals surface area (Å²) >= 11 is 11.4. The molecule has 0 atom stereocenters. The number of halogens is 2. The van der Waals surface area contributed by atoms with Gasteiger partial charge in [-0.15, -0.1) is 0 Å². The van der Waals surface area contributed by atoms with Crippen LogP contribution in [0.1, 0.15) is 5.56 Å². The van der Waals surface area contributed by atoms with Crippen LogP contribution in [0.25, 0.3) is 0 Å². The molecule has 0 unspecified atom stereocenters. The molecule has 7 radical (unpaired) electrons. The third-order valence-corrected chi connectivity index (χ3v) is 4.45. The summed E-state index contributed by atoms with van der Waals surface area (Å²) in [5.41, 5.74) is 1.38. The maximum atomic E-state index is 11.3. The minimum absolute atomic E-state index is 0. The Labute approximate surface area is 241 Å². The summed E-state index contributed by atoms with van der Waals surface area (Å²) < 4.78 is 0. The van der Waals surface area contributed by atoms with Gasteiger partial charge in [-0.1, -0.05) is 144 Å². The van der Waals surface area contributed by atoms with Crippen molar-refractivity contribution in [2.75, 3.05) is 0 Å². The van der Waals surface area contributed by atoms with Crippen LogP contribution < -0.4 is 5.11 Å². The molecule has 0 aliphatic carbocycles. The van der Waals surface area contributed by atoms with Crippen molar-refractivity contribution in [3.05, 3.63) is 167 Å². The summed E-state index contributed by atoms with van der Waals surface area (Å²) in [6.45, 7) is 0. The molecule has 0 N–H and O–H groups in total. The van der Waals surface area contributed by atoms with E-state index in [-0.39, 0.29) is 40.2 Å². The summed E-state index contributed by atoms with van der Waals surface area (Å²) in [7, 11) is 0. The van der Waals surface area contributed by atoms with Gasteiger partial charge in [0, 0.05) is 46.3 Å². The third-order valence-electron chi connectivity index (χ3n) is 3.89. The van der Waals surface area contributed by atoms with Gasteiger partial charge in [0.2, 0.25) is 0 Å². The Morgan fingerprint density at radius 3 is 1.33 bits per heavy atom. The Morgan fingerprint density at radius 1 is 0.611 bits per heavy atom. The molecule has 5 heteroatoms. The number of nitrogens with zero attached hydrogens (tertiary/aromatic N) is 1. The third kappa shape index (κ3) is 14.4. The molecule has 5 rings (SSSR count). The van der Waals surface area contributed by atoms with Crippen LogP contribution in [0.2, 0.25) is 10.0 Å². The van der Waals surface area contributed by atoms with E-state index in [2.05, 4.69) is 29.3 Å². The molecule has 0 heterocycles. The molecule has 0 aromatic heterocycles. The van der Waals surface area contributed by atoms with Gasteiger partial charge in [0.15, 0.2) is 0 Å². The zero-order valence-corrected chi connectivity index (χ0v) is 23.3. The van der Waals surface area contributed by atoms with E-state index in [1.165, 1.54) is 12.1 Å². The molecular weight excluding hydrogens is 595 g/mol. The number of aliphatic imine (C=N–C) groups is 1. The van der Waals surface area contributed by atoms with E-state index in [4.69, 9.17) is 23.2 Å². The maximum Gasteiger partial charge on any atom is 0.0659 e. The van der Waals surface area contributed by atoms with Crippen molar-refractivity contribution in [1.82, 2.24) is 0 Å². The minimum atomic E-state index is -0.376. The summed E-state index contributed by atoms with van der Waals surface area (Å²) in [5.74, 6) is -0.376. The Kier molecular flexibility index (Phi) is 17.4. The molecule has 5 aromatic rings. The second kappa shape index (κ2) is 20.2. The van der Waals surface area contributed by atoms with Crippen molar-refractivity contribution < 1.29 is 5.11 Å². The first-order valence-corrected chi connectivity index (χ1v) is 11.3. The first-order valence-electron chi connectivity index (χ1n) is 10.6. The topological polar surface area (TPSA) is 35.4 Å². The van der Waals surface area contributed by atoms with E-state index in [0.29, 0.717) is 5.69 Å². The van der Waals surface area contributed by atoms with Crippen LogP contribution >= 0.6 is 23.2 Å². The average Bonchev–Trinajstić information content (AvgIpc) is 2.95. The molecule has 2 nitrogen and oxygen atoms in total.